The van der Waals surface area contributed by atoms with Gasteiger partial charge in [-0.2, -0.15) is 0 Å². The second-order valence-electron chi connectivity index (χ2n) is 5.61. The Labute approximate surface area is 125 Å². The van der Waals surface area contributed by atoms with E-state index >= 15 is 0 Å². The van der Waals surface area contributed by atoms with Crippen molar-refractivity contribution in [3.05, 3.63) is 28.3 Å². The Hall–Kier alpha value is -0.810. The molecule has 2 aliphatic heterocycles. The van der Waals surface area contributed by atoms with Crippen LogP contribution in [0.3, 0.4) is 0 Å². The van der Waals surface area contributed by atoms with E-state index in [-0.39, 0.29) is 0 Å². The molecule has 2 heterocycles. The van der Waals surface area contributed by atoms with Gasteiger partial charge < -0.3 is 10.5 Å². The molecular weight excluding hydrogens is 274 g/mol. The van der Waals surface area contributed by atoms with E-state index in [4.69, 9.17) is 22.1 Å². The maximum absolute atomic E-state index is 6.11. The first kappa shape index (κ1) is 14.1. The third-order valence-electron chi connectivity index (χ3n) is 4.25. The van der Waals surface area contributed by atoms with Crippen molar-refractivity contribution in [2.75, 3.05) is 51.7 Å². The Morgan fingerprint density at radius 2 is 1.85 bits per heavy atom. The largest absolute Gasteiger partial charge is 0.398 e. The Morgan fingerprint density at radius 1 is 1.10 bits per heavy atom. The third-order valence-corrected chi connectivity index (χ3v) is 4.47. The zero-order valence-electron chi connectivity index (χ0n) is 11.8. The average Bonchev–Trinajstić information content (AvgIpc) is 2.45. The molecule has 1 fully saturated rings. The van der Waals surface area contributed by atoms with Gasteiger partial charge in [-0.25, -0.2) is 0 Å². The molecule has 20 heavy (non-hydrogen) atoms. The summed E-state index contributed by atoms with van der Waals surface area (Å²) in [6.45, 7) is 8.13. The van der Waals surface area contributed by atoms with Crippen molar-refractivity contribution in [1.82, 2.24) is 9.80 Å². The molecule has 0 saturated carbocycles. The zero-order chi connectivity index (χ0) is 13.9. The van der Waals surface area contributed by atoms with E-state index in [1.807, 2.05) is 6.07 Å². The molecule has 0 bridgehead atoms. The molecule has 2 aliphatic rings. The van der Waals surface area contributed by atoms with Crippen LogP contribution in [-0.2, 0) is 17.7 Å². The number of nitrogen functional groups attached to an aromatic ring is 1. The first-order valence-corrected chi connectivity index (χ1v) is 7.69. The summed E-state index contributed by atoms with van der Waals surface area (Å²) in [6, 6.07) is 3.93. The van der Waals surface area contributed by atoms with Crippen molar-refractivity contribution >= 4 is 17.3 Å². The van der Waals surface area contributed by atoms with Crippen molar-refractivity contribution in [1.29, 1.82) is 0 Å². The molecule has 110 valence electrons. The Morgan fingerprint density at radius 3 is 2.65 bits per heavy atom. The van der Waals surface area contributed by atoms with Crippen LogP contribution in [0.1, 0.15) is 11.1 Å². The van der Waals surface area contributed by atoms with Gasteiger partial charge in [-0.1, -0.05) is 11.6 Å². The van der Waals surface area contributed by atoms with Crippen LogP contribution in [0.2, 0.25) is 5.02 Å². The van der Waals surface area contributed by atoms with Crippen LogP contribution >= 0.6 is 11.6 Å². The van der Waals surface area contributed by atoms with Gasteiger partial charge in [0.1, 0.15) is 0 Å². The minimum absolute atomic E-state index is 0.747. The maximum atomic E-state index is 6.11. The lowest BCUT2D eigenvalue weighted by atomic mass is 9.98. The van der Waals surface area contributed by atoms with Crippen molar-refractivity contribution in [3.63, 3.8) is 0 Å². The molecule has 1 aromatic rings. The first-order chi connectivity index (χ1) is 9.72. The highest BCUT2D eigenvalue weighted by molar-refractivity contribution is 6.31. The van der Waals surface area contributed by atoms with Crippen LogP contribution in [0.25, 0.3) is 0 Å². The van der Waals surface area contributed by atoms with E-state index in [1.165, 1.54) is 11.1 Å². The fourth-order valence-electron chi connectivity index (χ4n) is 3.05. The molecule has 3 rings (SSSR count). The smallest absolute Gasteiger partial charge is 0.0594 e. The summed E-state index contributed by atoms with van der Waals surface area (Å²) >= 11 is 6.11. The van der Waals surface area contributed by atoms with Crippen LogP contribution in [0.15, 0.2) is 12.1 Å². The molecular formula is C15H22ClN3O. The van der Waals surface area contributed by atoms with E-state index in [1.54, 1.807) is 0 Å². The van der Waals surface area contributed by atoms with E-state index in [9.17, 15) is 0 Å². The van der Waals surface area contributed by atoms with Gasteiger partial charge in [-0.15, -0.1) is 0 Å². The molecule has 4 nitrogen and oxygen atoms in total. The maximum Gasteiger partial charge on any atom is 0.0594 e. The van der Waals surface area contributed by atoms with E-state index in [0.29, 0.717) is 0 Å². The van der Waals surface area contributed by atoms with Crippen molar-refractivity contribution in [2.45, 2.75) is 13.0 Å². The highest BCUT2D eigenvalue weighted by Crippen LogP contribution is 2.28. The van der Waals surface area contributed by atoms with Crippen LogP contribution in [0, 0.1) is 0 Å². The number of nitrogens with two attached hydrogens (primary N) is 1. The lowest BCUT2D eigenvalue weighted by Crippen LogP contribution is -2.42. The number of hydrogen-bond donors (Lipinski definition) is 1. The van der Waals surface area contributed by atoms with Gasteiger partial charge in [-0.05, 0) is 29.7 Å². The van der Waals surface area contributed by atoms with Crippen LogP contribution in [0.4, 0.5) is 5.69 Å². The van der Waals surface area contributed by atoms with E-state index < -0.39 is 0 Å². The summed E-state index contributed by atoms with van der Waals surface area (Å²) in [6.07, 6.45) is 1.03. The number of rotatable bonds is 3. The molecule has 1 aromatic carbocycles. The standard InChI is InChI=1S/C15H22ClN3O/c16-13-9-12-11-19(2-1-14(12)15(17)10-13)4-3-18-5-7-20-8-6-18/h9-10H,1-8,11,17H2. The molecule has 0 amide bonds. The van der Waals surface area contributed by atoms with Gasteiger partial charge >= 0.3 is 0 Å². The quantitative estimate of drug-likeness (QED) is 0.861. The lowest BCUT2D eigenvalue weighted by molar-refractivity contribution is 0.0327. The summed E-state index contributed by atoms with van der Waals surface area (Å²) < 4.78 is 5.38. The fraction of sp³-hybridized carbons (Fsp3) is 0.600. The predicted octanol–water partition coefficient (Wildman–Crippen LogP) is 1.61. The third kappa shape index (κ3) is 3.26. The van der Waals surface area contributed by atoms with Crippen molar-refractivity contribution in [2.24, 2.45) is 0 Å². The van der Waals surface area contributed by atoms with Crippen LogP contribution < -0.4 is 5.73 Å². The zero-order valence-corrected chi connectivity index (χ0v) is 12.5. The van der Waals surface area contributed by atoms with Crippen LogP contribution in [0.5, 0.6) is 0 Å². The second-order valence-corrected chi connectivity index (χ2v) is 6.05. The van der Waals surface area contributed by atoms with Gasteiger partial charge in [-0.3, -0.25) is 9.80 Å². The summed E-state index contributed by atoms with van der Waals surface area (Å²) in [5.41, 5.74) is 9.48. The molecule has 0 aliphatic carbocycles. The average molecular weight is 296 g/mol. The fourth-order valence-corrected chi connectivity index (χ4v) is 3.30. The number of ether oxygens (including phenoxy) is 1. The number of fused-ring (bicyclic) bond motifs is 1. The lowest BCUT2D eigenvalue weighted by Gasteiger charge is -2.33. The second kappa shape index (κ2) is 6.31. The number of anilines is 1. The Kier molecular flexibility index (Phi) is 4.46. The number of morpholine rings is 1. The minimum atomic E-state index is 0.747. The number of halogens is 1. The van der Waals surface area contributed by atoms with Gasteiger partial charge in [0.05, 0.1) is 13.2 Å². The summed E-state index contributed by atoms with van der Waals surface area (Å²) in [7, 11) is 0. The topological polar surface area (TPSA) is 41.7 Å². The minimum Gasteiger partial charge on any atom is -0.398 e. The number of hydrogen-bond acceptors (Lipinski definition) is 4. The summed E-state index contributed by atoms with van der Waals surface area (Å²) in [4.78, 5) is 4.97. The molecule has 0 atom stereocenters. The molecule has 0 aromatic heterocycles. The van der Waals surface area contributed by atoms with E-state index in [0.717, 1.165) is 69.6 Å². The number of benzene rings is 1. The molecule has 5 heteroatoms. The van der Waals surface area contributed by atoms with Crippen LogP contribution in [-0.4, -0.2) is 55.7 Å². The molecule has 0 unspecified atom stereocenters. The van der Waals surface area contributed by atoms with Gasteiger partial charge in [0, 0.05) is 50.0 Å². The highest BCUT2D eigenvalue weighted by atomic mass is 35.5. The van der Waals surface area contributed by atoms with Gasteiger partial charge in [0.2, 0.25) is 0 Å². The molecule has 0 radical (unpaired) electrons. The Bertz CT molecular complexity index is 474. The normalized spacial score (nSPS) is 20.9. The molecule has 0 spiro atoms. The number of nitrogens with zero attached hydrogens (tertiary/aromatic N) is 2. The van der Waals surface area contributed by atoms with Crippen molar-refractivity contribution < 1.29 is 4.74 Å². The molecule has 1 saturated heterocycles. The summed E-state index contributed by atoms with van der Waals surface area (Å²) in [5, 5.41) is 0.747. The molecule has 2 N–H and O–H groups in total. The van der Waals surface area contributed by atoms with E-state index in [2.05, 4.69) is 15.9 Å². The monoisotopic (exact) mass is 295 g/mol. The van der Waals surface area contributed by atoms with Gasteiger partial charge in [0.25, 0.3) is 0 Å². The highest BCUT2D eigenvalue weighted by Gasteiger charge is 2.19. The SMILES string of the molecule is Nc1cc(Cl)cc2c1CCN(CCN1CCOCC1)C2. The Balaban J connectivity index is 1.58. The predicted molar refractivity (Wildman–Crippen MR) is 82.1 cm³/mol. The van der Waals surface area contributed by atoms with Gasteiger partial charge in [0.15, 0.2) is 0 Å². The first-order valence-electron chi connectivity index (χ1n) is 7.31. The summed E-state index contributed by atoms with van der Waals surface area (Å²) in [5.74, 6) is 0. The van der Waals surface area contributed by atoms with Crippen molar-refractivity contribution in [3.8, 4) is 0 Å².